The van der Waals surface area contributed by atoms with Gasteiger partial charge in [-0.2, -0.15) is 0 Å². The minimum Gasteiger partial charge on any atom is -0.519 e. The Morgan fingerprint density at radius 3 is 2.04 bits per heavy atom. The molecule has 0 heterocycles. The Bertz CT molecular complexity index is 461. The molecule has 0 saturated heterocycles. The van der Waals surface area contributed by atoms with Gasteiger partial charge in [0.2, 0.25) is 0 Å². The lowest BCUT2D eigenvalue weighted by Crippen LogP contribution is -2.47. The van der Waals surface area contributed by atoms with E-state index in [1.807, 2.05) is 20.0 Å². The number of ether oxygens (including phenoxy) is 1. The van der Waals surface area contributed by atoms with Crippen LogP contribution in [0.5, 0.6) is 0 Å². The Morgan fingerprint density at radius 2 is 1.67 bits per heavy atom. The molecule has 140 valence electrons. The topological polar surface area (TPSA) is 64.6 Å². The summed E-state index contributed by atoms with van der Waals surface area (Å²) in [4.78, 5) is 24.5. The third kappa shape index (κ3) is 7.51. The Labute approximate surface area is 148 Å². The van der Waals surface area contributed by atoms with E-state index in [4.69, 9.17) is 9.16 Å². The van der Waals surface area contributed by atoms with Gasteiger partial charge in [-0.15, -0.1) is 6.58 Å². The highest BCUT2D eigenvalue weighted by Crippen LogP contribution is 2.37. The predicted octanol–water partition coefficient (Wildman–Crippen LogP) is 4.50. The van der Waals surface area contributed by atoms with Crippen LogP contribution in [0.1, 0.15) is 48.5 Å². The zero-order valence-corrected chi connectivity index (χ0v) is 17.8. The predicted molar refractivity (Wildman–Crippen MR) is 100 cm³/mol. The van der Waals surface area contributed by atoms with E-state index in [0.717, 1.165) is 0 Å². The van der Waals surface area contributed by atoms with Gasteiger partial charge in [-0.05, 0) is 44.8 Å². The normalized spacial score (nSPS) is 15.2. The summed E-state index contributed by atoms with van der Waals surface area (Å²) in [5.74, 6) is -0.883. The van der Waals surface area contributed by atoms with Crippen LogP contribution >= 0.6 is 0 Å². The minimum absolute atomic E-state index is 0.0662. The van der Waals surface area contributed by atoms with Crippen LogP contribution in [0.25, 0.3) is 0 Å². The summed E-state index contributed by atoms with van der Waals surface area (Å²) in [6.07, 6.45) is 1.16. The second-order valence-corrected chi connectivity index (χ2v) is 13.5. The van der Waals surface area contributed by atoms with Crippen LogP contribution in [0.15, 0.2) is 12.7 Å². The zero-order chi connectivity index (χ0) is 19.3. The molecule has 0 saturated carbocycles. The molecule has 0 aliphatic heterocycles. The Balaban J connectivity index is 4.99. The SMILES string of the molecule is C=CC(C)C(CNC(=O)OC(C)(C)C)C(=O)O[Si](C)(C)C(C)(C)C. The van der Waals surface area contributed by atoms with E-state index in [9.17, 15) is 9.59 Å². The summed E-state index contributed by atoms with van der Waals surface area (Å²) >= 11 is 0. The molecule has 5 nitrogen and oxygen atoms in total. The van der Waals surface area contributed by atoms with Gasteiger partial charge in [0.05, 0.1) is 5.92 Å². The number of hydrogen-bond donors (Lipinski definition) is 1. The van der Waals surface area contributed by atoms with Gasteiger partial charge >= 0.3 is 6.09 Å². The van der Waals surface area contributed by atoms with Crippen molar-refractivity contribution in [2.45, 2.75) is 72.2 Å². The first kappa shape index (κ1) is 22.7. The fraction of sp³-hybridized carbons (Fsp3) is 0.778. The van der Waals surface area contributed by atoms with Gasteiger partial charge < -0.3 is 14.5 Å². The fourth-order valence-electron chi connectivity index (χ4n) is 1.64. The highest BCUT2D eigenvalue weighted by Gasteiger charge is 2.42. The fourth-order valence-corrected chi connectivity index (χ4v) is 2.60. The molecule has 0 aromatic rings. The van der Waals surface area contributed by atoms with Gasteiger partial charge in [0.15, 0.2) is 0 Å². The molecule has 0 fully saturated rings. The van der Waals surface area contributed by atoms with E-state index in [1.54, 1.807) is 26.8 Å². The van der Waals surface area contributed by atoms with Crippen LogP contribution in [0.2, 0.25) is 18.1 Å². The Kier molecular flexibility index (Phi) is 7.74. The third-order valence-corrected chi connectivity index (χ3v) is 8.66. The lowest BCUT2D eigenvalue weighted by Gasteiger charge is -2.37. The van der Waals surface area contributed by atoms with Crippen molar-refractivity contribution in [3.63, 3.8) is 0 Å². The van der Waals surface area contributed by atoms with Crippen LogP contribution < -0.4 is 5.32 Å². The highest BCUT2D eigenvalue weighted by atomic mass is 28.4. The average molecular weight is 358 g/mol. The van der Waals surface area contributed by atoms with E-state index in [-0.39, 0.29) is 23.5 Å². The van der Waals surface area contributed by atoms with Gasteiger partial charge in [0.1, 0.15) is 5.60 Å². The maximum atomic E-state index is 12.7. The Hall–Kier alpha value is -1.30. The van der Waals surface area contributed by atoms with Crippen molar-refractivity contribution >= 4 is 20.4 Å². The quantitative estimate of drug-likeness (QED) is 0.561. The smallest absolute Gasteiger partial charge is 0.407 e. The van der Waals surface area contributed by atoms with Crippen molar-refractivity contribution < 1.29 is 18.8 Å². The van der Waals surface area contributed by atoms with Crippen molar-refractivity contribution in [3.8, 4) is 0 Å². The van der Waals surface area contributed by atoms with Crippen molar-refractivity contribution in [3.05, 3.63) is 12.7 Å². The largest absolute Gasteiger partial charge is 0.519 e. The van der Waals surface area contributed by atoms with Crippen molar-refractivity contribution in [2.24, 2.45) is 11.8 Å². The monoisotopic (exact) mass is 357 g/mol. The number of alkyl carbamates (subject to hydrolysis) is 1. The van der Waals surface area contributed by atoms with Gasteiger partial charge in [-0.3, -0.25) is 4.79 Å². The summed E-state index contributed by atoms with van der Waals surface area (Å²) in [6, 6.07) is 0. The van der Waals surface area contributed by atoms with Gasteiger partial charge in [0, 0.05) is 6.54 Å². The summed E-state index contributed by atoms with van der Waals surface area (Å²) in [5.41, 5.74) is -0.578. The first-order valence-electron chi connectivity index (χ1n) is 8.43. The molecular formula is C18H35NO4Si. The molecule has 1 N–H and O–H groups in total. The molecule has 0 aromatic carbocycles. The molecule has 0 bridgehead atoms. The molecule has 0 aliphatic carbocycles. The molecule has 0 aliphatic rings. The first-order chi connectivity index (χ1) is 10.6. The second kappa shape index (κ2) is 8.19. The third-order valence-electron chi connectivity index (χ3n) is 4.34. The van der Waals surface area contributed by atoms with Gasteiger partial charge in [-0.1, -0.05) is 33.8 Å². The number of carbonyl (C=O) groups is 2. The maximum absolute atomic E-state index is 12.7. The van der Waals surface area contributed by atoms with Crippen LogP contribution in [-0.4, -0.2) is 32.5 Å². The average Bonchev–Trinajstić information content (AvgIpc) is 2.34. The molecule has 6 heteroatoms. The summed E-state index contributed by atoms with van der Waals surface area (Å²) in [7, 11) is -2.21. The van der Waals surface area contributed by atoms with Gasteiger partial charge in [-0.25, -0.2) is 4.79 Å². The molecular weight excluding hydrogens is 322 g/mol. The second-order valence-electron chi connectivity index (χ2n) is 8.77. The first-order valence-corrected chi connectivity index (χ1v) is 11.3. The van der Waals surface area contributed by atoms with Gasteiger partial charge in [0.25, 0.3) is 14.3 Å². The minimum atomic E-state index is -2.21. The number of rotatable bonds is 6. The van der Waals surface area contributed by atoms with Crippen LogP contribution in [-0.2, 0) is 14.0 Å². The molecule has 0 rings (SSSR count). The lowest BCUT2D eigenvalue weighted by molar-refractivity contribution is -0.141. The standard InChI is InChI=1S/C18H35NO4Si/c1-11-13(2)14(12-19-16(21)22-17(3,4)5)15(20)23-24(9,10)18(6,7)8/h11,13-14H,1,12H2,2-10H3,(H,19,21). The van der Waals surface area contributed by atoms with E-state index in [0.29, 0.717) is 0 Å². The van der Waals surface area contributed by atoms with Crippen molar-refractivity contribution in [1.82, 2.24) is 5.32 Å². The van der Waals surface area contributed by atoms with E-state index >= 15 is 0 Å². The number of allylic oxidation sites excluding steroid dienone is 1. The van der Waals surface area contributed by atoms with Crippen molar-refractivity contribution in [1.29, 1.82) is 0 Å². The summed E-state index contributed by atoms with van der Waals surface area (Å²) in [6.45, 7) is 21.5. The van der Waals surface area contributed by atoms with E-state index in [2.05, 4.69) is 32.7 Å². The van der Waals surface area contributed by atoms with Crippen LogP contribution in [0.3, 0.4) is 0 Å². The molecule has 0 radical (unpaired) electrons. The number of nitrogens with one attached hydrogen (secondary N) is 1. The van der Waals surface area contributed by atoms with E-state index in [1.165, 1.54) is 0 Å². The highest BCUT2D eigenvalue weighted by molar-refractivity contribution is 6.75. The van der Waals surface area contributed by atoms with Crippen LogP contribution in [0.4, 0.5) is 4.79 Å². The summed E-state index contributed by atoms with van der Waals surface area (Å²) < 4.78 is 11.1. The number of hydrogen-bond acceptors (Lipinski definition) is 4. The molecule has 24 heavy (non-hydrogen) atoms. The molecule has 0 spiro atoms. The summed E-state index contributed by atoms with van der Waals surface area (Å²) in [5, 5.41) is 2.60. The Morgan fingerprint density at radius 1 is 1.17 bits per heavy atom. The van der Waals surface area contributed by atoms with Crippen molar-refractivity contribution in [2.75, 3.05) is 6.54 Å². The molecule has 2 atom stereocenters. The molecule has 1 amide bonds. The van der Waals surface area contributed by atoms with E-state index < -0.39 is 25.9 Å². The number of amides is 1. The van der Waals surface area contributed by atoms with Crippen LogP contribution in [0, 0.1) is 11.8 Å². The molecule has 2 unspecified atom stereocenters. The molecule has 0 aromatic heterocycles. The zero-order valence-electron chi connectivity index (χ0n) is 16.8. The number of carbonyl (C=O) groups excluding carboxylic acids is 2. The lowest BCUT2D eigenvalue weighted by atomic mass is 9.94. The maximum Gasteiger partial charge on any atom is 0.407 e.